The van der Waals surface area contributed by atoms with E-state index in [1.807, 2.05) is 24.3 Å². The second-order valence-electron chi connectivity index (χ2n) is 5.22. The first-order chi connectivity index (χ1) is 11.3. The van der Waals surface area contributed by atoms with Gasteiger partial charge in [-0.15, -0.1) is 10.2 Å². The quantitative estimate of drug-likeness (QED) is 0.632. The molecule has 0 spiro atoms. The zero-order chi connectivity index (χ0) is 16.1. The average Bonchev–Trinajstić information content (AvgIpc) is 2.95. The number of thioether (sulfide) groups is 1. The highest BCUT2D eigenvalue weighted by Gasteiger charge is 2.12. The van der Waals surface area contributed by atoms with E-state index < -0.39 is 0 Å². The monoisotopic (exact) mass is 327 g/mol. The van der Waals surface area contributed by atoms with Crippen LogP contribution in [0.15, 0.2) is 59.8 Å². The molecule has 0 saturated heterocycles. The van der Waals surface area contributed by atoms with E-state index in [-0.39, 0.29) is 5.82 Å². The molecule has 0 atom stereocenters. The summed E-state index contributed by atoms with van der Waals surface area (Å²) in [4.78, 5) is 0. The van der Waals surface area contributed by atoms with E-state index >= 15 is 0 Å². The minimum Gasteiger partial charge on any atom is -0.306 e. The number of nitrogens with zero attached hydrogens (tertiary/aromatic N) is 3. The molecular formula is C18H18FN3S. The molecule has 0 fully saturated rings. The zero-order valence-corrected chi connectivity index (χ0v) is 13.8. The Bertz CT molecular complexity index is 771. The summed E-state index contributed by atoms with van der Waals surface area (Å²) in [7, 11) is 0. The van der Waals surface area contributed by atoms with Gasteiger partial charge in [-0.1, -0.05) is 54.2 Å². The summed E-state index contributed by atoms with van der Waals surface area (Å²) in [6.07, 6.45) is 0.766. The standard InChI is InChI=1S/C18H18FN3S/c1-2-22-17(12-14-7-4-3-5-8-14)20-21-18(22)23-13-15-9-6-10-16(19)11-15/h3-11H,2,12-13H2,1H3. The van der Waals surface area contributed by atoms with Crippen molar-refractivity contribution in [2.75, 3.05) is 0 Å². The molecule has 0 bridgehead atoms. The van der Waals surface area contributed by atoms with E-state index in [9.17, 15) is 4.39 Å². The maximum atomic E-state index is 13.2. The lowest BCUT2D eigenvalue weighted by Gasteiger charge is -2.07. The number of rotatable bonds is 6. The van der Waals surface area contributed by atoms with E-state index in [4.69, 9.17) is 0 Å². The van der Waals surface area contributed by atoms with Crippen molar-refractivity contribution in [3.8, 4) is 0 Å². The van der Waals surface area contributed by atoms with Gasteiger partial charge in [-0.05, 0) is 30.2 Å². The van der Waals surface area contributed by atoms with Crippen LogP contribution in [0.3, 0.4) is 0 Å². The van der Waals surface area contributed by atoms with Crippen LogP contribution in [0.25, 0.3) is 0 Å². The number of hydrogen-bond donors (Lipinski definition) is 0. The van der Waals surface area contributed by atoms with Gasteiger partial charge in [0.1, 0.15) is 11.6 Å². The summed E-state index contributed by atoms with van der Waals surface area (Å²) >= 11 is 1.59. The molecule has 0 unspecified atom stereocenters. The summed E-state index contributed by atoms with van der Waals surface area (Å²) in [6, 6.07) is 16.9. The van der Waals surface area contributed by atoms with Gasteiger partial charge < -0.3 is 4.57 Å². The average molecular weight is 327 g/mol. The van der Waals surface area contributed by atoms with Crippen LogP contribution in [-0.2, 0) is 18.7 Å². The van der Waals surface area contributed by atoms with Crippen molar-refractivity contribution in [1.82, 2.24) is 14.8 Å². The topological polar surface area (TPSA) is 30.7 Å². The molecule has 3 aromatic rings. The molecule has 1 aromatic heterocycles. The lowest BCUT2D eigenvalue weighted by atomic mass is 10.1. The van der Waals surface area contributed by atoms with Gasteiger partial charge in [0.05, 0.1) is 0 Å². The number of halogens is 1. The molecule has 5 heteroatoms. The maximum absolute atomic E-state index is 13.2. The van der Waals surface area contributed by atoms with Crippen LogP contribution in [0.2, 0.25) is 0 Å². The van der Waals surface area contributed by atoms with E-state index in [1.165, 1.54) is 11.6 Å². The van der Waals surface area contributed by atoms with Crippen molar-refractivity contribution < 1.29 is 4.39 Å². The lowest BCUT2D eigenvalue weighted by Crippen LogP contribution is -2.04. The van der Waals surface area contributed by atoms with Crippen LogP contribution in [-0.4, -0.2) is 14.8 Å². The first-order valence-corrected chi connectivity index (χ1v) is 8.58. The first-order valence-electron chi connectivity index (χ1n) is 7.59. The summed E-state index contributed by atoms with van der Waals surface area (Å²) < 4.78 is 15.4. The molecule has 23 heavy (non-hydrogen) atoms. The van der Waals surface area contributed by atoms with Gasteiger partial charge in [0.2, 0.25) is 0 Å². The summed E-state index contributed by atoms with van der Waals surface area (Å²) in [5.41, 5.74) is 2.17. The minimum absolute atomic E-state index is 0.204. The van der Waals surface area contributed by atoms with Crippen LogP contribution in [0.5, 0.6) is 0 Å². The SMILES string of the molecule is CCn1c(Cc2ccccc2)nnc1SCc1cccc(F)c1. The fourth-order valence-corrected chi connectivity index (χ4v) is 3.39. The van der Waals surface area contributed by atoms with Crippen molar-refractivity contribution in [2.24, 2.45) is 0 Å². The lowest BCUT2D eigenvalue weighted by molar-refractivity contribution is 0.626. The van der Waals surface area contributed by atoms with E-state index in [0.29, 0.717) is 5.75 Å². The van der Waals surface area contributed by atoms with Gasteiger partial charge in [0.15, 0.2) is 5.16 Å². The van der Waals surface area contributed by atoms with Crippen molar-refractivity contribution >= 4 is 11.8 Å². The molecule has 118 valence electrons. The second-order valence-corrected chi connectivity index (χ2v) is 6.17. The third-order valence-electron chi connectivity index (χ3n) is 3.57. The van der Waals surface area contributed by atoms with Gasteiger partial charge in [0.25, 0.3) is 0 Å². The van der Waals surface area contributed by atoms with Gasteiger partial charge in [0, 0.05) is 18.7 Å². The first kappa shape index (κ1) is 15.7. The molecule has 1 heterocycles. The predicted molar refractivity (Wildman–Crippen MR) is 90.9 cm³/mol. The van der Waals surface area contributed by atoms with E-state index in [2.05, 4.69) is 33.8 Å². The van der Waals surface area contributed by atoms with Crippen LogP contribution < -0.4 is 0 Å². The highest BCUT2D eigenvalue weighted by molar-refractivity contribution is 7.98. The summed E-state index contributed by atoms with van der Waals surface area (Å²) in [5.74, 6) is 1.44. The van der Waals surface area contributed by atoms with E-state index in [0.717, 1.165) is 29.5 Å². The normalized spacial score (nSPS) is 10.9. The minimum atomic E-state index is -0.204. The molecule has 0 aliphatic rings. The Hall–Kier alpha value is -2.14. The Labute approximate surface area is 139 Å². The molecule has 0 aliphatic carbocycles. The third-order valence-corrected chi connectivity index (χ3v) is 4.61. The fourth-order valence-electron chi connectivity index (χ4n) is 2.43. The number of hydrogen-bond acceptors (Lipinski definition) is 3. The largest absolute Gasteiger partial charge is 0.306 e. The Balaban J connectivity index is 1.73. The molecule has 0 N–H and O–H groups in total. The van der Waals surface area contributed by atoms with Crippen molar-refractivity contribution in [3.05, 3.63) is 77.4 Å². The Morgan fingerprint density at radius 2 is 1.78 bits per heavy atom. The maximum Gasteiger partial charge on any atom is 0.191 e. The Morgan fingerprint density at radius 1 is 1.00 bits per heavy atom. The molecule has 3 rings (SSSR count). The number of benzene rings is 2. The summed E-state index contributed by atoms with van der Waals surface area (Å²) in [5, 5.41) is 9.51. The van der Waals surface area contributed by atoms with Crippen molar-refractivity contribution in [1.29, 1.82) is 0 Å². The van der Waals surface area contributed by atoms with E-state index in [1.54, 1.807) is 23.9 Å². The molecule has 0 aliphatic heterocycles. The van der Waals surface area contributed by atoms with Gasteiger partial charge >= 0.3 is 0 Å². The second kappa shape index (κ2) is 7.42. The zero-order valence-electron chi connectivity index (χ0n) is 12.9. The molecule has 0 saturated carbocycles. The van der Waals surface area contributed by atoms with Crippen molar-refractivity contribution in [2.45, 2.75) is 30.8 Å². The Kier molecular flexibility index (Phi) is 5.08. The van der Waals surface area contributed by atoms with Crippen LogP contribution in [0.1, 0.15) is 23.9 Å². The molecule has 3 nitrogen and oxygen atoms in total. The molecule has 0 amide bonds. The summed E-state index contributed by atoms with van der Waals surface area (Å²) in [6.45, 7) is 2.91. The molecular weight excluding hydrogens is 309 g/mol. The molecule has 0 radical (unpaired) electrons. The third kappa shape index (κ3) is 3.99. The molecule has 2 aromatic carbocycles. The van der Waals surface area contributed by atoms with Gasteiger partial charge in [-0.3, -0.25) is 0 Å². The Morgan fingerprint density at radius 3 is 2.52 bits per heavy atom. The predicted octanol–water partition coefficient (Wildman–Crippen LogP) is 4.32. The van der Waals surface area contributed by atoms with Crippen LogP contribution in [0, 0.1) is 5.82 Å². The highest BCUT2D eigenvalue weighted by atomic mass is 32.2. The van der Waals surface area contributed by atoms with Crippen LogP contribution >= 0.6 is 11.8 Å². The highest BCUT2D eigenvalue weighted by Crippen LogP contribution is 2.23. The number of aromatic nitrogens is 3. The van der Waals surface area contributed by atoms with Crippen LogP contribution in [0.4, 0.5) is 4.39 Å². The fraction of sp³-hybridized carbons (Fsp3) is 0.222. The smallest absolute Gasteiger partial charge is 0.191 e. The van der Waals surface area contributed by atoms with Crippen molar-refractivity contribution in [3.63, 3.8) is 0 Å². The van der Waals surface area contributed by atoms with Gasteiger partial charge in [-0.25, -0.2) is 4.39 Å². The van der Waals surface area contributed by atoms with Gasteiger partial charge in [-0.2, -0.15) is 0 Å².